The molecule has 0 saturated heterocycles. The molecule has 2 amide bonds. The fraction of sp³-hybridized carbons (Fsp3) is 0.222. The van der Waals surface area contributed by atoms with Gasteiger partial charge in [-0.25, -0.2) is 0 Å². The average molecular weight is 347 g/mol. The van der Waals surface area contributed by atoms with Gasteiger partial charge in [-0.1, -0.05) is 23.7 Å². The summed E-state index contributed by atoms with van der Waals surface area (Å²) in [4.78, 5) is 24.0. The van der Waals surface area contributed by atoms with Gasteiger partial charge in [-0.2, -0.15) is 0 Å². The standard InChI is InChI=1S/C18H19ClN2O3/c1-12-15(19)7-4-8-16(12)21-17(22)9-10-20-18(23)13-5-3-6-14(11-13)24-2/h3-8,11H,9-10H2,1-2H3,(H,20,23)(H,21,22). The van der Waals surface area contributed by atoms with E-state index in [1.54, 1.807) is 49.6 Å². The maximum Gasteiger partial charge on any atom is 0.251 e. The maximum atomic E-state index is 12.0. The van der Waals surface area contributed by atoms with Crippen molar-refractivity contribution in [3.63, 3.8) is 0 Å². The topological polar surface area (TPSA) is 67.4 Å². The van der Waals surface area contributed by atoms with Crippen LogP contribution in [0.1, 0.15) is 22.3 Å². The molecule has 0 aliphatic carbocycles. The van der Waals surface area contributed by atoms with Gasteiger partial charge in [0.1, 0.15) is 5.75 Å². The number of anilines is 1. The maximum absolute atomic E-state index is 12.0. The lowest BCUT2D eigenvalue weighted by molar-refractivity contribution is -0.116. The Bertz CT molecular complexity index is 747. The first-order valence-corrected chi connectivity index (χ1v) is 7.86. The van der Waals surface area contributed by atoms with E-state index in [0.717, 1.165) is 5.56 Å². The van der Waals surface area contributed by atoms with Gasteiger partial charge in [0.15, 0.2) is 0 Å². The lowest BCUT2D eigenvalue weighted by Crippen LogP contribution is -2.27. The highest BCUT2D eigenvalue weighted by Crippen LogP contribution is 2.22. The van der Waals surface area contributed by atoms with Gasteiger partial charge >= 0.3 is 0 Å². The summed E-state index contributed by atoms with van der Waals surface area (Å²) < 4.78 is 5.08. The van der Waals surface area contributed by atoms with Crippen molar-refractivity contribution in [1.82, 2.24) is 5.32 Å². The lowest BCUT2D eigenvalue weighted by Gasteiger charge is -2.10. The zero-order valence-electron chi connectivity index (χ0n) is 13.6. The Morgan fingerprint density at radius 1 is 1.17 bits per heavy atom. The number of benzene rings is 2. The Balaban J connectivity index is 1.84. The van der Waals surface area contributed by atoms with Crippen LogP contribution in [0.4, 0.5) is 5.69 Å². The number of hydrogen-bond acceptors (Lipinski definition) is 3. The Morgan fingerprint density at radius 2 is 1.92 bits per heavy atom. The number of carbonyl (C=O) groups is 2. The number of nitrogens with one attached hydrogen (secondary N) is 2. The summed E-state index contributed by atoms with van der Waals surface area (Å²) in [5, 5.41) is 6.10. The molecule has 0 aliphatic heterocycles. The van der Waals surface area contributed by atoms with E-state index in [4.69, 9.17) is 16.3 Å². The molecule has 6 heteroatoms. The van der Waals surface area contributed by atoms with Crippen LogP contribution >= 0.6 is 11.6 Å². The molecule has 2 N–H and O–H groups in total. The molecule has 0 atom stereocenters. The molecule has 24 heavy (non-hydrogen) atoms. The lowest BCUT2D eigenvalue weighted by atomic mass is 10.2. The third kappa shape index (κ3) is 4.73. The van der Waals surface area contributed by atoms with E-state index in [1.807, 2.05) is 6.92 Å². The summed E-state index contributed by atoms with van der Waals surface area (Å²) in [6, 6.07) is 12.2. The van der Waals surface area contributed by atoms with Crippen molar-refractivity contribution >= 4 is 29.1 Å². The van der Waals surface area contributed by atoms with Crippen molar-refractivity contribution in [3.8, 4) is 5.75 Å². The number of amides is 2. The monoisotopic (exact) mass is 346 g/mol. The SMILES string of the molecule is COc1cccc(C(=O)NCCC(=O)Nc2cccc(Cl)c2C)c1. The van der Waals surface area contributed by atoms with Crippen LogP contribution in [0.2, 0.25) is 5.02 Å². The fourth-order valence-electron chi connectivity index (χ4n) is 2.11. The summed E-state index contributed by atoms with van der Waals surface area (Å²) >= 11 is 6.02. The molecule has 0 unspecified atom stereocenters. The minimum absolute atomic E-state index is 0.168. The summed E-state index contributed by atoms with van der Waals surface area (Å²) in [5.74, 6) is 0.170. The average Bonchev–Trinajstić information content (AvgIpc) is 2.59. The van der Waals surface area contributed by atoms with Gasteiger partial charge in [-0.3, -0.25) is 9.59 Å². The van der Waals surface area contributed by atoms with E-state index in [1.165, 1.54) is 0 Å². The van der Waals surface area contributed by atoms with Crippen LogP contribution < -0.4 is 15.4 Å². The van der Waals surface area contributed by atoms with Crippen LogP contribution in [-0.4, -0.2) is 25.5 Å². The number of rotatable bonds is 6. The zero-order valence-corrected chi connectivity index (χ0v) is 14.3. The van der Waals surface area contributed by atoms with Crippen LogP contribution in [0.5, 0.6) is 5.75 Å². The largest absolute Gasteiger partial charge is 0.497 e. The fourth-order valence-corrected chi connectivity index (χ4v) is 2.29. The minimum atomic E-state index is -0.249. The first-order valence-electron chi connectivity index (χ1n) is 7.48. The molecule has 0 aromatic heterocycles. The third-order valence-corrected chi connectivity index (χ3v) is 3.92. The van der Waals surface area contributed by atoms with Crippen LogP contribution in [0.3, 0.4) is 0 Å². The molecule has 0 heterocycles. The summed E-state index contributed by atoms with van der Waals surface area (Å²) in [7, 11) is 1.54. The van der Waals surface area contributed by atoms with E-state index in [9.17, 15) is 9.59 Å². The summed E-state index contributed by atoms with van der Waals surface area (Å²) in [5.41, 5.74) is 1.97. The Kier molecular flexibility index (Phi) is 6.21. The predicted molar refractivity (Wildman–Crippen MR) is 94.8 cm³/mol. The van der Waals surface area contributed by atoms with Crippen LogP contribution in [-0.2, 0) is 4.79 Å². The van der Waals surface area contributed by atoms with Crippen molar-refractivity contribution in [2.75, 3.05) is 19.0 Å². The minimum Gasteiger partial charge on any atom is -0.497 e. The second kappa shape index (κ2) is 8.36. The number of methoxy groups -OCH3 is 1. The first kappa shape index (κ1) is 17.8. The van der Waals surface area contributed by atoms with Crippen molar-refractivity contribution in [1.29, 1.82) is 0 Å². The van der Waals surface area contributed by atoms with E-state index in [2.05, 4.69) is 10.6 Å². The third-order valence-electron chi connectivity index (χ3n) is 3.51. The molecule has 0 saturated carbocycles. The van der Waals surface area contributed by atoms with Crippen molar-refractivity contribution < 1.29 is 14.3 Å². The first-order chi connectivity index (χ1) is 11.5. The number of hydrogen-bond donors (Lipinski definition) is 2. The van der Waals surface area contributed by atoms with E-state index >= 15 is 0 Å². The van der Waals surface area contributed by atoms with Crippen molar-refractivity contribution in [2.24, 2.45) is 0 Å². The van der Waals surface area contributed by atoms with Gasteiger partial charge < -0.3 is 15.4 Å². The molecular formula is C18H19ClN2O3. The van der Waals surface area contributed by atoms with Gasteiger partial charge in [0.2, 0.25) is 5.91 Å². The molecule has 0 radical (unpaired) electrons. The normalized spacial score (nSPS) is 10.1. The molecule has 0 bridgehead atoms. The molecule has 0 fully saturated rings. The molecule has 126 valence electrons. The number of carbonyl (C=O) groups excluding carboxylic acids is 2. The predicted octanol–water partition coefficient (Wildman–Crippen LogP) is 3.42. The highest BCUT2D eigenvalue weighted by molar-refractivity contribution is 6.31. The second-order valence-electron chi connectivity index (χ2n) is 5.20. The van der Waals surface area contributed by atoms with Crippen LogP contribution in [0.15, 0.2) is 42.5 Å². The summed E-state index contributed by atoms with van der Waals surface area (Å²) in [6.45, 7) is 2.07. The highest BCUT2D eigenvalue weighted by atomic mass is 35.5. The molecule has 2 aromatic carbocycles. The van der Waals surface area contributed by atoms with Crippen molar-refractivity contribution in [3.05, 3.63) is 58.6 Å². The van der Waals surface area contributed by atoms with E-state index in [-0.39, 0.29) is 24.8 Å². The number of ether oxygens (including phenoxy) is 1. The van der Waals surface area contributed by atoms with Crippen LogP contribution in [0.25, 0.3) is 0 Å². The molecule has 5 nitrogen and oxygen atoms in total. The Morgan fingerprint density at radius 3 is 2.67 bits per heavy atom. The van der Waals surface area contributed by atoms with Gasteiger partial charge in [-0.15, -0.1) is 0 Å². The van der Waals surface area contributed by atoms with Crippen LogP contribution in [0, 0.1) is 6.92 Å². The molecular weight excluding hydrogens is 328 g/mol. The van der Waals surface area contributed by atoms with Crippen molar-refractivity contribution in [2.45, 2.75) is 13.3 Å². The summed E-state index contributed by atoms with van der Waals surface area (Å²) in [6.07, 6.45) is 0.168. The highest BCUT2D eigenvalue weighted by Gasteiger charge is 2.09. The van der Waals surface area contributed by atoms with E-state index < -0.39 is 0 Å². The zero-order chi connectivity index (χ0) is 17.5. The van der Waals surface area contributed by atoms with Gasteiger partial charge in [-0.05, 0) is 42.8 Å². The Hall–Kier alpha value is -2.53. The molecule has 0 aliphatic rings. The van der Waals surface area contributed by atoms with Gasteiger partial charge in [0, 0.05) is 29.2 Å². The quantitative estimate of drug-likeness (QED) is 0.842. The smallest absolute Gasteiger partial charge is 0.251 e. The molecule has 2 aromatic rings. The van der Waals surface area contributed by atoms with E-state index in [0.29, 0.717) is 22.0 Å². The van der Waals surface area contributed by atoms with Gasteiger partial charge in [0.05, 0.1) is 7.11 Å². The Labute approximate surface area is 146 Å². The van der Waals surface area contributed by atoms with Gasteiger partial charge in [0.25, 0.3) is 5.91 Å². The molecule has 0 spiro atoms. The molecule has 2 rings (SSSR count). The number of halogens is 1. The second-order valence-corrected chi connectivity index (χ2v) is 5.61.